The first-order valence-electron chi connectivity index (χ1n) is 10.2. The summed E-state index contributed by atoms with van der Waals surface area (Å²) in [4.78, 5) is 22.2. The Labute approximate surface area is 165 Å². The molecule has 0 radical (unpaired) electrons. The third-order valence-corrected chi connectivity index (χ3v) is 5.57. The number of carbonyl (C=O) groups is 1. The van der Waals surface area contributed by atoms with Crippen molar-refractivity contribution in [2.24, 2.45) is 9.98 Å². The van der Waals surface area contributed by atoms with Crippen LogP contribution in [0.15, 0.2) is 45.2 Å². The Kier molecular flexibility index (Phi) is 5.62. The SMILES string of the molecule is C/C=C\C=C1/CN=C(NC2=NC3(CCCCOCC3)C3=C(CCCC3=O)N2)O1. The van der Waals surface area contributed by atoms with Gasteiger partial charge in [0.2, 0.25) is 5.96 Å². The lowest BCUT2D eigenvalue weighted by Crippen LogP contribution is -2.51. The van der Waals surface area contributed by atoms with E-state index in [2.05, 4.69) is 15.6 Å². The maximum atomic E-state index is 12.8. The lowest BCUT2D eigenvalue weighted by atomic mass is 9.74. The van der Waals surface area contributed by atoms with Crippen LogP contribution in [0.2, 0.25) is 0 Å². The Morgan fingerprint density at radius 1 is 1.18 bits per heavy atom. The molecule has 28 heavy (non-hydrogen) atoms. The molecule has 1 spiro atoms. The summed E-state index contributed by atoms with van der Waals surface area (Å²) in [6, 6.07) is 0.436. The number of rotatable bonds is 1. The zero-order valence-electron chi connectivity index (χ0n) is 16.4. The van der Waals surface area contributed by atoms with Gasteiger partial charge in [0, 0.05) is 37.3 Å². The van der Waals surface area contributed by atoms with E-state index in [1.807, 2.05) is 25.2 Å². The minimum Gasteiger partial charge on any atom is -0.428 e. The van der Waals surface area contributed by atoms with E-state index in [-0.39, 0.29) is 5.78 Å². The number of allylic oxidation sites excluding steroid dienone is 4. The predicted octanol–water partition coefficient (Wildman–Crippen LogP) is 2.72. The quantitative estimate of drug-likeness (QED) is 0.726. The number of ether oxygens (including phenoxy) is 2. The Bertz CT molecular complexity index is 783. The minimum absolute atomic E-state index is 0.225. The molecular formula is C21H28N4O3. The molecule has 4 aliphatic rings. The molecule has 1 saturated heterocycles. The van der Waals surface area contributed by atoms with Gasteiger partial charge in [-0.15, -0.1) is 0 Å². The fraction of sp³-hybridized carbons (Fsp3) is 0.571. The van der Waals surface area contributed by atoms with Crippen LogP contribution in [0.4, 0.5) is 0 Å². The van der Waals surface area contributed by atoms with Crippen LogP contribution < -0.4 is 10.6 Å². The van der Waals surface area contributed by atoms with Gasteiger partial charge in [0.25, 0.3) is 6.02 Å². The summed E-state index contributed by atoms with van der Waals surface area (Å²) in [5.41, 5.74) is 1.36. The fourth-order valence-corrected chi connectivity index (χ4v) is 4.26. The molecule has 0 amide bonds. The number of hydrogen-bond acceptors (Lipinski definition) is 7. The largest absolute Gasteiger partial charge is 0.428 e. The molecule has 0 saturated carbocycles. The maximum Gasteiger partial charge on any atom is 0.297 e. The summed E-state index contributed by atoms with van der Waals surface area (Å²) in [5.74, 6) is 1.63. The number of guanidine groups is 1. The van der Waals surface area contributed by atoms with E-state index in [1.54, 1.807) is 0 Å². The average Bonchev–Trinajstić information content (AvgIpc) is 3.10. The molecular weight excluding hydrogens is 356 g/mol. The van der Waals surface area contributed by atoms with Crippen molar-refractivity contribution in [3.8, 4) is 0 Å². The summed E-state index contributed by atoms with van der Waals surface area (Å²) in [5, 5.41) is 6.54. The van der Waals surface area contributed by atoms with Crippen LogP contribution in [0, 0.1) is 0 Å². The molecule has 1 fully saturated rings. The molecule has 150 valence electrons. The molecule has 1 atom stereocenters. The van der Waals surface area contributed by atoms with Crippen molar-refractivity contribution in [3.63, 3.8) is 0 Å². The Hall–Kier alpha value is -2.41. The lowest BCUT2D eigenvalue weighted by Gasteiger charge is -2.40. The number of hydrogen-bond donors (Lipinski definition) is 2. The van der Waals surface area contributed by atoms with Crippen LogP contribution in [0.5, 0.6) is 0 Å². The van der Waals surface area contributed by atoms with Crippen LogP contribution in [0.25, 0.3) is 0 Å². The summed E-state index contributed by atoms with van der Waals surface area (Å²) in [6.45, 7) is 3.87. The molecule has 0 bridgehead atoms. The number of amidine groups is 1. The Morgan fingerprint density at radius 3 is 3.00 bits per heavy atom. The zero-order chi connectivity index (χ0) is 19.4. The van der Waals surface area contributed by atoms with Gasteiger partial charge in [-0.3, -0.25) is 10.1 Å². The third-order valence-electron chi connectivity index (χ3n) is 5.57. The van der Waals surface area contributed by atoms with Gasteiger partial charge in [0.05, 0.1) is 5.54 Å². The lowest BCUT2D eigenvalue weighted by molar-refractivity contribution is -0.117. The second-order valence-electron chi connectivity index (χ2n) is 7.57. The van der Waals surface area contributed by atoms with Crippen molar-refractivity contribution >= 4 is 17.8 Å². The Balaban J connectivity index is 1.58. The van der Waals surface area contributed by atoms with Gasteiger partial charge in [-0.05, 0) is 45.1 Å². The van der Waals surface area contributed by atoms with Crippen LogP contribution in [-0.2, 0) is 14.3 Å². The number of aliphatic imine (C=N–C) groups is 2. The summed E-state index contributed by atoms with van der Waals surface area (Å²) in [7, 11) is 0. The highest BCUT2D eigenvalue weighted by molar-refractivity contribution is 6.04. The van der Waals surface area contributed by atoms with E-state index in [0.29, 0.717) is 31.6 Å². The van der Waals surface area contributed by atoms with Crippen molar-refractivity contribution in [2.75, 3.05) is 19.8 Å². The summed E-state index contributed by atoms with van der Waals surface area (Å²) < 4.78 is 11.5. The molecule has 7 nitrogen and oxygen atoms in total. The molecule has 3 heterocycles. The number of fused-ring (bicyclic) bond motifs is 1. The van der Waals surface area contributed by atoms with E-state index in [0.717, 1.165) is 62.2 Å². The Morgan fingerprint density at radius 2 is 2.11 bits per heavy atom. The zero-order valence-corrected chi connectivity index (χ0v) is 16.4. The standard InChI is InChI=1S/C21H28N4O3/c1-2-3-7-15-14-22-20(28-15)24-19-23-16-8-6-9-17(26)18(16)21(25-19)10-4-5-12-27-13-11-21/h2-3,7H,4-6,8-14H2,1H3,(H2,22,23,24,25)/b3-2-,15-7+. The van der Waals surface area contributed by atoms with Gasteiger partial charge in [-0.2, -0.15) is 0 Å². The second kappa shape index (κ2) is 8.31. The second-order valence-corrected chi connectivity index (χ2v) is 7.57. The van der Waals surface area contributed by atoms with Gasteiger partial charge >= 0.3 is 0 Å². The van der Waals surface area contributed by atoms with Crippen molar-refractivity contribution < 1.29 is 14.3 Å². The molecule has 2 N–H and O–H groups in total. The van der Waals surface area contributed by atoms with E-state index in [9.17, 15) is 4.79 Å². The monoisotopic (exact) mass is 384 g/mol. The van der Waals surface area contributed by atoms with E-state index < -0.39 is 5.54 Å². The van der Waals surface area contributed by atoms with Crippen molar-refractivity contribution in [2.45, 2.75) is 57.4 Å². The van der Waals surface area contributed by atoms with Crippen LogP contribution in [0.1, 0.15) is 51.9 Å². The molecule has 1 aliphatic carbocycles. The maximum absolute atomic E-state index is 12.8. The van der Waals surface area contributed by atoms with Crippen molar-refractivity contribution in [1.82, 2.24) is 10.6 Å². The third kappa shape index (κ3) is 3.90. The van der Waals surface area contributed by atoms with E-state index in [1.165, 1.54) is 0 Å². The average molecular weight is 384 g/mol. The number of ketones is 1. The topological polar surface area (TPSA) is 84.3 Å². The van der Waals surface area contributed by atoms with E-state index >= 15 is 0 Å². The molecule has 0 aromatic carbocycles. The highest BCUT2D eigenvalue weighted by Gasteiger charge is 2.44. The smallest absolute Gasteiger partial charge is 0.297 e. The van der Waals surface area contributed by atoms with Crippen LogP contribution >= 0.6 is 0 Å². The fourth-order valence-electron chi connectivity index (χ4n) is 4.26. The van der Waals surface area contributed by atoms with Crippen LogP contribution in [-0.4, -0.2) is 43.1 Å². The minimum atomic E-state index is -0.510. The number of Topliss-reactive ketones (excluding diaryl/α,β-unsaturated/α-hetero) is 1. The summed E-state index contributed by atoms with van der Waals surface area (Å²) in [6.07, 6.45) is 11.7. The normalized spacial score (nSPS) is 29.8. The van der Waals surface area contributed by atoms with Crippen LogP contribution in [0.3, 0.4) is 0 Å². The predicted molar refractivity (Wildman–Crippen MR) is 108 cm³/mol. The van der Waals surface area contributed by atoms with Crippen molar-refractivity contribution in [3.05, 3.63) is 35.3 Å². The first-order valence-corrected chi connectivity index (χ1v) is 10.2. The first kappa shape index (κ1) is 18.9. The number of carbonyl (C=O) groups excluding carboxylic acids is 1. The highest BCUT2D eigenvalue weighted by Crippen LogP contribution is 2.40. The number of nitrogens with zero attached hydrogens (tertiary/aromatic N) is 2. The highest BCUT2D eigenvalue weighted by atomic mass is 16.5. The molecule has 4 rings (SSSR count). The molecule has 0 aromatic rings. The molecule has 0 aromatic heterocycles. The summed E-state index contributed by atoms with van der Waals surface area (Å²) >= 11 is 0. The molecule has 3 aliphatic heterocycles. The van der Waals surface area contributed by atoms with Gasteiger partial charge in [0.1, 0.15) is 12.3 Å². The van der Waals surface area contributed by atoms with Crippen molar-refractivity contribution in [1.29, 1.82) is 0 Å². The van der Waals surface area contributed by atoms with Gasteiger partial charge in [-0.1, -0.05) is 12.2 Å². The van der Waals surface area contributed by atoms with Gasteiger partial charge in [0.15, 0.2) is 5.78 Å². The molecule has 1 unspecified atom stereocenters. The number of nitrogens with one attached hydrogen (secondary N) is 2. The molecule has 7 heteroatoms. The first-order chi connectivity index (χ1) is 13.7. The van der Waals surface area contributed by atoms with E-state index in [4.69, 9.17) is 14.5 Å². The van der Waals surface area contributed by atoms with Gasteiger partial charge in [-0.25, -0.2) is 9.98 Å². The van der Waals surface area contributed by atoms with Gasteiger partial charge < -0.3 is 14.8 Å².